The summed E-state index contributed by atoms with van der Waals surface area (Å²) in [5.74, 6) is 1.14. The molecule has 24 heavy (non-hydrogen) atoms. The minimum atomic E-state index is -1.11. The monoisotopic (exact) mass is 347 g/mol. The summed E-state index contributed by atoms with van der Waals surface area (Å²) in [6.07, 6.45) is 5.50. The maximum absolute atomic E-state index is 10.5. The summed E-state index contributed by atoms with van der Waals surface area (Å²) in [6.45, 7) is 5.17. The van der Waals surface area contributed by atoms with Crippen molar-refractivity contribution in [3.8, 4) is 0 Å². The third-order valence-corrected chi connectivity index (χ3v) is 4.31. The van der Waals surface area contributed by atoms with Gasteiger partial charge in [-0.05, 0) is 26.0 Å². The first-order valence-electron chi connectivity index (χ1n) is 7.78. The van der Waals surface area contributed by atoms with Crippen molar-refractivity contribution in [2.24, 2.45) is 4.99 Å². The lowest BCUT2D eigenvalue weighted by atomic mass is 10.0. The number of hydrogen-bond acceptors (Lipinski definition) is 5. The third kappa shape index (κ3) is 3.77. The Balaban J connectivity index is 1.64. The van der Waals surface area contributed by atoms with Crippen LogP contribution < -0.4 is 10.6 Å². The molecule has 128 valence electrons. The van der Waals surface area contributed by atoms with Crippen molar-refractivity contribution in [1.82, 2.24) is 20.0 Å². The Morgan fingerprint density at radius 1 is 1.50 bits per heavy atom. The molecule has 3 aromatic heterocycles. The van der Waals surface area contributed by atoms with E-state index in [1.54, 1.807) is 36.7 Å². The highest BCUT2D eigenvalue weighted by Gasteiger charge is 2.26. The topological polar surface area (TPSA) is 87.1 Å². The van der Waals surface area contributed by atoms with Gasteiger partial charge < -0.3 is 20.2 Å². The summed E-state index contributed by atoms with van der Waals surface area (Å²) >= 11 is 1.59. The minimum Gasteiger partial charge on any atom is -0.466 e. The number of aliphatic hydroxyl groups is 1. The predicted octanol–water partition coefficient (Wildman–Crippen LogP) is 1.95. The molecule has 3 rings (SSSR count). The largest absolute Gasteiger partial charge is 0.466 e. The fraction of sp³-hybridized carbons (Fsp3) is 0.375. The Hall–Kier alpha value is -2.32. The van der Waals surface area contributed by atoms with Crippen LogP contribution in [0.2, 0.25) is 0 Å². The SMILES string of the molecule is CCNC(=NCc1cn2ccsc2n1)NCC(C)(O)c1ccco1. The van der Waals surface area contributed by atoms with E-state index in [1.807, 2.05) is 29.1 Å². The molecule has 7 nitrogen and oxygen atoms in total. The van der Waals surface area contributed by atoms with Crippen LogP contribution in [0.15, 0.2) is 45.6 Å². The fourth-order valence-corrected chi connectivity index (χ4v) is 3.00. The highest BCUT2D eigenvalue weighted by atomic mass is 32.1. The van der Waals surface area contributed by atoms with Crippen LogP contribution in [0.25, 0.3) is 4.96 Å². The van der Waals surface area contributed by atoms with E-state index in [2.05, 4.69) is 20.6 Å². The van der Waals surface area contributed by atoms with Crippen LogP contribution in [-0.4, -0.2) is 33.5 Å². The number of nitrogens with one attached hydrogen (secondary N) is 2. The third-order valence-electron chi connectivity index (χ3n) is 3.54. The first kappa shape index (κ1) is 16.5. The number of furan rings is 1. The quantitative estimate of drug-likeness (QED) is 0.469. The maximum Gasteiger partial charge on any atom is 0.193 e. The number of fused-ring (bicyclic) bond motifs is 1. The van der Waals surface area contributed by atoms with Crippen molar-refractivity contribution in [3.05, 3.63) is 47.6 Å². The van der Waals surface area contributed by atoms with Crippen molar-refractivity contribution in [2.75, 3.05) is 13.1 Å². The zero-order chi connectivity index (χ0) is 17.0. The highest BCUT2D eigenvalue weighted by molar-refractivity contribution is 7.15. The van der Waals surface area contributed by atoms with E-state index in [-0.39, 0.29) is 6.54 Å². The molecule has 0 spiro atoms. The summed E-state index contributed by atoms with van der Waals surface area (Å²) in [5.41, 5.74) is -0.215. The molecule has 0 saturated carbocycles. The van der Waals surface area contributed by atoms with Gasteiger partial charge in [-0.25, -0.2) is 9.98 Å². The lowest BCUT2D eigenvalue weighted by Gasteiger charge is -2.22. The molecule has 3 N–H and O–H groups in total. The first-order valence-corrected chi connectivity index (χ1v) is 8.66. The molecular formula is C16H21N5O2S. The van der Waals surface area contributed by atoms with Gasteiger partial charge in [0, 0.05) is 24.3 Å². The van der Waals surface area contributed by atoms with E-state index < -0.39 is 5.60 Å². The summed E-state index contributed by atoms with van der Waals surface area (Å²) < 4.78 is 7.27. The highest BCUT2D eigenvalue weighted by Crippen LogP contribution is 2.19. The summed E-state index contributed by atoms with van der Waals surface area (Å²) in [6, 6.07) is 3.51. The number of rotatable bonds is 6. The second-order valence-corrected chi connectivity index (χ2v) is 6.50. The van der Waals surface area contributed by atoms with Crippen molar-refractivity contribution < 1.29 is 9.52 Å². The van der Waals surface area contributed by atoms with E-state index in [0.29, 0.717) is 18.3 Å². The molecule has 0 amide bonds. The summed E-state index contributed by atoms with van der Waals surface area (Å²) in [7, 11) is 0. The van der Waals surface area contributed by atoms with Crippen LogP contribution in [0.3, 0.4) is 0 Å². The molecule has 0 aliphatic heterocycles. The Labute approximate surface area is 144 Å². The molecule has 0 radical (unpaired) electrons. The van der Waals surface area contributed by atoms with E-state index in [1.165, 1.54) is 0 Å². The molecule has 0 fully saturated rings. The molecule has 1 atom stereocenters. The summed E-state index contributed by atoms with van der Waals surface area (Å²) in [4.78, 5) is 9.99. The van der Waals surface area contributed by atoms with E-state index in [4.69, 9.17) is 4.42 Å². The predicted molar refractivity (Wildman–Crippen MR) is 94.2 cm³/mol. The lowest BCUT2D eigenvalue weighted by Crippen LogP contribution is -2.44. The molecule has 0 aliphatic carbocycles. The minimum absolute atomic E-state index is 0.282. The van der Waals surface area contributed by atoms with Gasteiger partial charge in [0.15, 0.2) is 10.9 Å². The van der Waals surface area contributed by atoms with Crippen molar-refractivity contribution in [3.63, 3.8) is 0 Å². The Morgan fingerprint density at radius 3 is 3.08 bits per heavy atom. The molecule has 0 aromatic carbocycles. The molecule has 1 unspecified atom stereocenters. The van der Waals surface area contributed by atoms with Crippen LogP contribution in [0, 0.1) is 0 Å². The summed E-state index contributed by atoms with van der Waals surface area (Å²) in [5, 5.41) is 18.8. The first-order chi connectivity index (χ1) is 11.6. The number of aromatic nitrogens is 2. The normalized spacial score (nSPS) is 14.7. The average Bonchev–Trinajstić information content (AvgIpc) is 3.26. The van der Waals surface area contributed by atoms with Crippen molar-refractivity contribution in [1.29, 1.82) is 0 Å². The van der Waals surface area contributed by atoms with E-state index in [0.717, 1.165) is 17.2 Å². The standard InChI is InChI=1S/C16H21N5O2S/c1-3-17-14(19-11-16(2,22)13-5-4-7-23-13)18-9-12-10-21-6-8-24-15(21)20-12/h4-8,10,22H,3,9,11H2,1-2H3,(H2,17,18,19). The van der Waals surface area contributed by atoms with Crippen molar-refractivity contribution in [2.45, 2.75) is 26.0 Å². The van der Waals surface area contributed by atoms with Crippen LogP contribution in [0.4, 0.5) is 0 Å². The number of nitrogens with zero attached hydrogens (tertiary/aromatic N) is 3. The zero-order valence-electron chi connectivity index (χ0n) is 13.7. The number of guanidine groups is 1. The van der Waals surface area contributed by atoms with Gasteiger partial charge in [0.2, 0.25) is 0 Å². The second kappa shape index (κ2) is 7.06. The molecule has 3 heterocycles. The van der Waals surface area contributed by atoms with Crippen LogP contribution in [0.1, 0.15) is 25.3 Å². The van der Waals surface area contributed by atoms with Gasteiger partial charge in [0.1, 0.15) is 11.4 Å². The van der Waals surface area contributed by atoms with Gasteiger partial charge in [-0.3, -0.25) is 4.40 Å². The number of imidazole rings is 1. The van der Waals surface area contributed by atoms with Gasteiger partial charge in [-0.2, -0.15) is 0 Å². The molecule has 0 bridgehead atoms. The maximum atomic E-state index is 10.5. The van der Waals surface area contributed by atoms with E-state index in [9.17, 15) is 5.11 Å². The molecule has 3 aromatic rings. The van der Waals surface area contributed by atoms with Gasteiger partial charge >= 0.3 is 0 Å². The number of thiazole rings is 1. The Morgan fingerprint density at radius 2 is 2.38 bits per heavy atom. The Bertz CT molecular complexity index is 775. The zero-order valence-corrected chi connectivity index (χ0v) is 14.5. The van der Waals surface area contributed by atoms with Gasteiger partial charge in [0.25, 0.3) is 0 Å². The number of hydrogen-bond donors (Lipinski definition) is 3. The molecule has 8 heteroatoms. The van der Waals surface area contributed by atoms with Gasteiger partial charge in [0.05, 0.1) is 25.0 Å². The van der Waals surface area contributed by atoms with Crippen LogP contribution >= 0.6 is 11.3 Å². The van der Waals surface area contributed by atoms with Gasteiger partial charge in [-0.15, -0.1) is 11.3 Å². The molecular weight excluding hydrogens is 326 g/mol. The van der Waals surface area contributed by atoms with Crippen LogP contribution in [0.5, 0.6) is 0 Å². The second-order valence-electron chi connectivity index (χ2n) is 5.62. The Kier molecular flexibility index (Phi) is 4.86. The van der Waals surface area contributed by atoms with Crippen LogP contribution in [-0.2, 0) is 12.1 Å². The number of aliphatic imine (C=N–C) groups is 1. The molecule has 0 saturated heterocycles. The smallest absolute Gasteiger partial charge is 0.193 e. The fourth-order valence-electron chi connectivity index (χ4n) is 2.28. The average molecular weight is 347 g/mol. The van der Waals surface area contributed by atoms with E-state index >= 15 is 0 Å². The molecule has 0 aliphatic rings. The van der Waals surface area contributed by atoms with Crippen molar-refractivity contribution >= 4 is 22.3 Å². The lowest BCUT2D eigenvalue weighted by molar-refractivity contribution is 0.0386. The van der Waals surface area contributed by atoms with Gasteiger partial charge in [-0.1, -0.05) is 0 Å².